The van der Waals surface area contributed by atoms with E-state index >= 15 is 0 Å². The summed E-state index contributed by atoms with van der Waals surface area (Å²) in [5.74, 6) is 0. The van der Waals surface area contributed by atoms with Crippen molar-refractivity contribution in [3.63, 3.8) is 0 Å². The van der Waals surface area contributed by atoms with E-state index < -0.39 is 0 Å². The van der Waals surface area contributed by atoms with Gasteiger partial charge in [-0.15, -0.1) is 0 Å². The Balaban J connectivity index is 2.73. The van der Waals surface area contributed by atoms with Gasteiger partial charge in [-0.25, -0.2) is 4.98 Å². The molecular weight excluding hydrogens is 164 g/mol. The molecule has 0 aliphatic rings. The molecule has 0 spiro atoms. The maximum absolute atomic E-state index is 8.80. The molecule has 2 N–H and O–H groups in total. The van der Waals surface area contributed by atoms with Gasteiger partial charge in [-0.3, -0.25) is 0 Å². The van der Waals surface area contributed by atoms with Crippen molar-refractivity contribution in [2.45, 2.75) is 25.8 Å². The highest BCUT2D eigenvalue weighted by Crippen LogP contribution is 2.10. The Morgan fingerprint density at radius 2 is 2.54 bits per heavy atom. The molecule has 0 saturated heterocycles. The number of nitriles is 1. The average Bonchev–Trinajstić information content (AvgIpc) is 2.56. The molecule has 0 bridgehead atoms. The summed E-state index contributed by atoms with van der Waals surface area (Å²) in [6.07, 6.45) is 5.16. The number of aromatic nitrogens is 2. The molecule has 13 heavy (non-hydrogen) atoms. The number of hydrogen-bond donors (Lipinski definition) is 1. The van der Waals surface area contributed by atoms with Gasteiger partial charge in [0, 0.05) is 12.6 Å². The monoisotopic (exact) mass is 178 g/mol. The van der Waals surface area contributed by atoms with Gasteiger partial charge in [-0.05, 0) is 13.0 Å². The fourth-order valence-corrected chi connectivity index (χ4v) is 1.20. The van der Waals surface area contributed by atoms with E-state index in [-0.39, 0.29) is 6.04 Å². The molecule has 0 fully saturated rings. The van der Waals surface area contributed by atoms with Crippen molar-refractivity contribution in [2.24, 2.45) is 5.73 Å². The molecule has 0 aliphatic heterocycles. The summed E-state index contributed by atoms with van der Waals surface area (Å²) in [5.41, 5.74) is 6.35. The van der Waals surface area contributed by atoms with Gasteiger partial charge in [0.2, 0.25) is 0 Å². The van der Waals surface area contributed by atoms with Crippen LogP contribution >= 0.6 is 0 Å². The SMILES string of the molecule is CCC(C#N)n1cnc(CCN)c1. The summed E-state index contributed by atoms with van der Waals surface area (Å²) in [6, 6.07) is 2.12. The second-order valence-electron chi connectivity index (χ2n) is 2.90. The normalized spacial score (nSPS) is 12.4. The van der Waals surface area contributed by atoms with E-state index in [0.29, 0.717) is 6.54 Å². The quantitative estimate of drug-likeness (QED) is 0.743. The van der Waals surface area contributed by atoms with Crippen molar-refractivity contribution in [1.82, 2.24) is 9.55 Å². The van der Waals surface area contributed by atoms with Crippen LogP contribution in [0.3, 0.4) is 0 Å². The van der Waals surface area contributed by atoms with Crippen molar-refractivity contribution >= 4 is 0 Å². The minimum atomic E-state index is -0.0981. The van der Waals surface area contributed by atoms with Crippen LogP contribution in [0.2, 0.25) is 0 Å². The average molecular weight is 178 g/mol. The zero-order valence-electron chi connectivity index (χ0n) is 7.77. The second-order valence-corrected chi connectivity index (χ2v) is 2.90. The van der Waals surface area contributed by atoms with E-state index in [2.05, 4.69) is 11.1 Å². The van der Waals surface area contributed by atoms with Crippen LogP contribution < -0.4 is 5.73 Å². The Kier molecular flexibility index (Phi) is 3.47. The van der Waals surface area contributed by atoms with Crippen molar-refractivity contribution < 1.29 is 0 Å². The summed E-state index contributed by atoms with van der Waals surface area (Å²) in [7, 11) is 0. The lowest BCUT2D eigenvalue weighted by atomic mass is 10.2. The number of imidazole rings is 1. The molecule has 4 nitrogen and oxygen atoms in total. The largest absolute Gasteiger partial charge is 0.330 e. The summed E-state index contributed by atoms with van der Waals surface area (Å²) < 4.78 is 1.84. The number of hydrogen-bond acceptors (Lipinski definition) is 3. The third-order valence-corrected chi connectivity index (χ3v) is 1.95. The lowest BCUT2D eigenvalue weighted by Crippen LogP contribution is -2.04. The molecular formula is C9H14N4. The maximum atomic E-state index is 8.80. The third kappa shape index (κ3) is 2.30. The predicted molar refractivity (Wildman–Crippen MR) is 49.9 cm³/mol. The van der Waals surface area contributed by atoms with Crippen LogP contribution in [0.5, 0.6) is 0 Å². The van der Waals surface area contributed by atoms with Crippen LogP contribution in [0.25, 0.3) is 0 Å². The summed E-state index contributed by atoms with van der Waals surface area (Å²) >= 11 is 0. The Hall–Kier alpha value is -1.34. The molecule has 0 radical (unpaired) electrons. The fraction of sp³-hybridized carbons (Fsp3) is 0.556. The van der Waals surface area contributed by atoms with Gasteiger partial charge in [-0.1, -0.05) is 6.92 Å². The van der Waals surface area contributed by atoms with E-state index in [1.165, 1.54) is 0 Å². The van der Waals surface area contributed by atoms with Gasteiger partial charge in [0.05, 0.1) is 18.1 Å². The lowest BCUT2D eigenvalue weighted by Gasteiger charge is -2.05. The van der Waals surface area contributed by atoms with Gasteiger partial charge in [0.25, 0.3) is 0 Å². The minimum absolute atomic E-state index is 0.0981. The molecule has 1 atom stereocenters. The highest BCUT2D eigenvalue weighted by molar-refractivity contribution is 5.02. The van der Waals surface area contributed by atoms with Crippen LogP contribution in [0.15, 0.2) is 12.5 Å². The minimum Gasteiger partial charge on any atom is -0.330 e. The van der Waals surface area contributed by atoms with Gasteiger partial charge in [-0.2, -0.15) is 5.26 Å². The summed E-state index contributed by atoms with van der Waals surface area (Å²) in [6.45, 7) is 2.58. The van der Waals surface area contributed by atoms with Crippen LogP contribution in [0, 0.1) is 11.3 Å². The van der Waals surface area contributed by atoms with Crippen LogP contribution in [0.4, 0.5) is 0 Å². The van der Waals surface area contributed by atoms with Crippen molar-refractivity contribution in [3.05, 3.63) is 18.2 Å². The zero-order valence-corrected chi connectivity index (χ0v) is 7.77. The maximum Gasteiger partial charge on any atom is 0.121 e. The standard InChI is InChI=1S/C9H14N4/c1-2-9(5-11)13-6-8(3-4-10)12-7-13/h6-7,9H,2-4,10H2,1H3. The molecule has 0 amide bonds. The number of nitrogens with two attached hydrogens (primary N) is 1. The molecule has 0 saturated carbocycles. The van der Waals surface area contributed by atoms with E-state index in [4.69, 9.17) is 11.0 Å². The van der Waals surface area contributed by atoms with Crippen molar-refractivity contribution in [2.75, 3.05) is 6.54 Å². The first kappa shape index (κ1) is 9.75. The van der Waals surface area contributed by atoms with E-state index in [1.807, 2.05) is 17.7 Å². The first-order valence-electron chi connectivity index (χ1n) is 4.43. The van der Waals surface area contributed by atoms with Gasteiger partial charge in [0.15, 0.2) is 0 Å². The van der Waals surface area contributed by atoms with Crippen LogP contribution in [-0.4, -0.2) is 16.1 Å². The van der Waals surface area contributed by atoms with Gasteiger partial charge >= 0.3 is 0 Å². The zero-order chi connectivity index (χ0) is 9.68. The highest BCUT2D eigenvalue weighted by atomic mass is 15.1. The number of rotatable bonds is 4. The van der Waals surface area contributed by atoms with Crippen molar-refractivity contribution in [1.29, 1.82) is 5.26 Å². The smallest absolute Gasteiger partial charge is 0.121 e. The molecule has 0 aliphatic carbocycles. The Bertz CT molecular complexity index is 297. The van der Waals surface area contributed by atoms with E-state index in [1.54, 1.807) is 6.33 Å². The second kappa shape index (κ2) is 4.63. The molecule has 1 rings (SSSR count). The Morgan fingerprint density at radius 1 is 1.77 bits per heavy atom. The number of nitrogens with zero attached hydrogens (tertiary/aromatic N) is 3. The van der Waals surface area contributed by atoms with E-state index in [0.717, 1.165) is 18.5 Å². The predicted octanol–water partition coefficient (Wildman–Crippen LogP) is 0.859. The fourth-order valence-electron chi connectivity index (χ4n) is 1.20. The topological polar surface area (TPSA) is 67.6 Å². The molecule has 0 aromatic carbocycles. The molecule has 4 heteroatoms. The highest BCUT2D eigenvalue weighted by Gasteiger charge is 2.07. The van der Waals surface area contributed by atoms with Crippen molar-refractivity contribution in [3.8, 4) is 6.07 Å². The van der Waals surface area contributed by atoms with Gasteiger partial charge < -0.3 is 10.3 Å². The van der Waals surface area contributed by atoms with Crippen LogP contribution in [-0.2, 0) is 6.42 Å². The Morgan fingerprint density at radius 3 is 3.08 bits per heavy atom. The third-order valence-electron chi connectivity index (χ3n) is 1.95. The summed E-state index contributed by atoms with van der Waals surface area (Å²) in [4.78, 5) is 4.15. The molecule has 1 heterocycles. The first-order chi connectivity index (χ1) is 6.31. The molecule has 1 unspecified atom stereocenters. The van der Waals surface area contributed by atoms with Gasteiger partial charge in [0.1, 0.15) is 6.04 Å². The van der Waals surface area contributed by atoms with E-state index in [9.17, 15) is 0 Å². The molecule has 1 aromatic heterocycles. The van der Waals surface area contributed by atoms with Crippen LogP contribution in [0.1, 0.15) is 25.1 Å². The first-order valence-corrected chi connectivity index (χ1v) is 4.43. The summed E-state index contributed by atoms with van der Waals surface area (Å²) in [5, 5.41) is 8.80. The Labute approximate surface area is 78.0 Å². The lowest BCUT2D eigenvalue weighted by molar-refractivity contribution is 0.596. The molecule has 1 aromatic rings. The molecule has 70 valence electrons.